The zero-order chi connectivity index (χ0) is 37.5. The number of aromatic nitrogens is 3. The van der Waals surface area contributed by atoms with Crippen molar-refractivity contribution in [1.29, 1.82) is 0 Å². The molecule has 0 aliphatic heterocycles. The fourth-order valence-electron chi connectivity index (χ4n) is 9.26. The molecule has 3 heterocycles. The summed E-state index contributed by atoms with van der Waals surface area (Å²) in [5, 5.41) is 7.48. The van der Waals surface area contributed by atoms with Gasteiger partial charge in [-0.25, -0.2) is 0 Å². The van der Waals surface area contributed by atoms with Crippen molar-refractivity contribution in [2.45, 2.75) is 0 Å². The van der Waals surface area contributed by atoms with Gasteiger partial charge in [-0.05, 0) is 107 Å². The molecule has 0 bridgehead atoms. The first-order valence-electron chi connectivity index (χ1n) is 19.6. The van der Waals surface area contributed by atoms with Crippen molar-refractivity contribution >= 4 is 65.4 Å². The average Bonchev–Trinajstić information content (AvgIpc) is 3.91. The summed E-state index contributed by atoms with van der Waals surface area (Å²) in [5.41, 5.74) is 15.5. The first kappa shape index (κ1) is 31.7. The van der Waals surface area contributed by atoms with Crippen molar-refractivity contribution in [1.82, 2.24) is 13.7 Å². The molecule has 0 N–H and O–H groups in total. The molecular formula is C54H35N3. The highest BCUT2D eigenvalue weighted by atomic mass is 15.0. The second-order valence-electron chi connectivity index (χ2n) is 15.0. The molecule has 3 nitrogen and oxygen atoms in total. The molecule has 0 aliphatic carbocycles. The Morgan fingerprint density at radius 2 is 0.579 bits per heavy atom. The van der Waals surface area contributed by atoms with Gasteiger partial charge in [0.25, 0.3) is 0 Å². The van der Waals surface area contributed by atoms with E-state index in [2.05, 4.69) is 226 Å². The molecule has 12 aromatic rings. The van der Waals surface area contributed by atoms with Crippen LogP contribution in [0.25, 0.3) is 105 Å². The standard InChI is InChI=1S/C54H35N3/c1-4-15-36(16-5-1)37-17-14-22-42(31-37)57-52-30-28-39(38-27-29-51-45(32-38)43-23-10-12-25-49(43)55(51)40-18-6-2-7-19-40)33-46(52)48-34-47-44-24-11-13-26-50(44)56(53(47)35-54(48)57)41-20-8-3-9-21-41/h1-35H. The van der Waals surface area contributed by atoms with Gasteiger partial charge < -0.3 is 13.7 Å². The van der Waals surface area contributed by atoms with Gasteiger partial charge in [-0.1, -0.05) is 127 Å². The molecule has 3 heteroatoms. The Kier molecular flexibility index (Phi) is 6.93. The van der Waals surface area contributed by atoms with Crippen LogP contribution in [0.1, 0.15) is 0 Å². The Morgan fingerprint density at radius 1 is 0.193 bits per heavy atom. The van der Waals surface area contributed by atoms with Gasteiger partial charge in [-0.3, -0.25) is 0 Å². The minimum absolute atomic E-state index is 1.14. The number of hydrogen-bond donors (Lipinski definition) is 0. The summed E-state index contributed by atoms with van der Waals surface area (Å²) in [7, 11) is 0. The molecule has 0 fully saturated rings. The van der Waals surface area contributed by atoms with Gasteiger partial charge in [0, 0.05) is 49.4 Å². The summed E-state index contributed by atoms with van der Waals surface area (Å²) < 4.78 is 7.26. The van der Waals surface area contributed by atoms with Crippen LogP contribution in [0.15, 0.2) is 212 Å². The number of nitrogens with zero attached hydrogens (tertiary/aromatic N) is 3. The van der Waals surface area contributed by atoms with Gasteiger partial charge in [-0.15, -0.1) is 0 Å². The maximum absolute atomic E-state index is 2.46. The highest BCUT2D eigenvalue weighted by molar-refractivity contribution is 6.20. The summed E-state index contributed by atoms with van der Waals surface area (Å²) in [6.07, 6.45) is 0. The Bertz CT molecular complexity index is 3500. The van der Waals surface area contributed by atoms with E-state index in [4.69, 9.17) is 0 Å². The zero-order valence-corrected chi connectivity index (χ0v) is 31.0. The first-order valence-corrected chi connectivity index (χ1v) is 19.6. The fraction of sp³-hybridized carbons (Fsp3) is 0. The lowest BCUT2D eigenvalue weighted by Gasteiger charge is -2.12. The van der Waals surface area contributed by atoms with Crippen LogP contribution in [-0.4, -0.2) is 13.7 Å². The van der Waals surface area contributed by atoms with Gasteiger partial charge in [0.2, 0.25) is 0 Å². The highest BCUT2D eigenvalue weighted by Gasteiger charge is 2.20. The Balaban J connectivity index is 1.13. The van der Waals surface area contributed by atoms with E-state index >= 15 is 0 Å². The van der Waals surface area contributed by atoms with Crippen LogP contribution in [0.4, 0.5) is 0 Å². The molecule has 0 saturated carbocycles. The summed E-state index contributed by atoms with van der Waals surface area (Å²) >= 11 is 0. The van der Waals surface area contributed by atoms with Gasteiger partial charge >= 0.3 is 0 Å². The van der Waals surface area contributed by atoms with Crippen LogP contribution in [0.2, 0.25) is 0 Å². The molecule has 0 amide bonds. The molecule has 266 valence electrons. The average molecular weight is 726 g/mol. The van der Waals surface area contributed by atoms with Crippen LogP contribution < -0.4 is 0 Å². The number of rotatable bonds is 5. The molecule has 57 heavy (non-hydrogen) atoms. The number of fused-ring (bicyclic) bond motifs is 9. The predicted octanol–water partition coefficient (Wildman–Crippen LogP) is 14.3. The molecule has 3 aromatic heterocycles. The minimum atomic E-state index is 1.14. The molecular weight excluding hydrogens is 691 g/mol. The maximum Gasteiger partial charge on any atom is 0.0562 e. The van der Waals surface area contributed by atoms with E-state index in [0.29, 0.717) is 0 Å². The summed E-state index contributed by atoms with van der Waals surface area (Å²) in [6.45, 7) is 0. The van der Waals surface area contributed by atoms with Crippen molar-refractivity contribution in [3.63, 3.8) is 0 Å². The lowest BCUT2D eigenvalue weighted by atomic mass is 10.00. The number of benzene rings is 9. The summed E-state index contributed by atoms with van der Waals surface area (Å²) in [6, 6.07) is 77.5. The zero-order valence-electron chi connectivity index (χ0n) is 31.0. The monoisotopic (exact) mass is 725 g/mol. The van der Waals surface area contributed by atoms with Crippen molar-refractivity contribution in [3.05, 3.63) is 212 Å². The lowest BCUT2D eigenvalue weighted by Crippen LogP contribution is -1.96. The maximum atomic E-state index is 2.46. The number of para-hydroxylation sites is 4. The lowest BCUT2D eigenvalue weighted by molar-refractivity contribution is 1.16. The van der Waals surface area contributed by atoms with E-state index < -0.39 is 0 Å². The third-order valence-electron chi connectivity index (χ3n) is 11.8. The van der Waals surface area contributed by atoms with E-state index in [1.165, 1.54) is 93.4 Å². The van der Waals surface area contributed by atoms with E-state index in [1.807, 2.05) is 0 Å². The van der Waals surface area contributed by atoms with E-state index in [-0.39, 0.29) is 0 Å². The minimum Gasteiger partial charge on any atom is -0.309 e. The van der Waals surface area contributed by atoms with E-state index in [9.17, 15) is 0 Å². The van der Waals surface area contributed by atoms with Gasteiger partial charge in [0.05, 0.1) is 33.1 Å². The SMILES string of the molecule is c1ccc(-c2cccc(-n3c4ccc(-c5ccc6c(c5)c5ccccc5n6-c5ccccc5)cc4c4cc5c6ccccc6n(-c6ccccc6)c5cc43)c2)cc1. The third kappa shape index (κ3) is 4.86. The van der Waals surface area contributed by atoms with Crippen LogP contribution in [0.5, 0.6) is 0 Å². The van der Waals surface area contributed by atoms with Gasteiger partial charge in [0.15, 0.2) is 0 Å². The number of hydrogen-bond acceptors (Lipinski definition) is 0. The molecule has 12 rings (SSSR count). The van der Waals surface area contributed by atoms with E-state index in [1.54, 1.807) is 0 Å². The molecule has 0 radical (unpaired) electrons. The van der Waals surface area contributed by atoms with Crippen LogP contribution in [-0.2, 0) is 0 Å². The Hall–Kier alpha value is -7.62. The normalized spacial score (nSPS) is 11.9. The molecule has 0 unspecified atom stereocenters. The van der Waals surface area contributed by atoms with Crippen molar-refractivity contribution in [3.8, 4) is 39.3 Å². The van der Waals surface area contributed by atoms with Crippen LogP contribution >= 0.6 is 0 Å². The highest BCUT2D eigenvalue weighted by Crippen LogP contribution is 2.42. The van der Waals surface area contributed by atoms with Crippen molar-refractivity contribution in [2.75, 3.05) is 0 Å². The Labute approximate surface area is 329 Å². The van der Waals surface area contributed by atoms with E-state index in [0.717, 1.165) is 11.4 Å². The Morgan fingerprint density at radius 3 is 1.18 bits per heavy atom. The van der Waals surface area contributed by atoms with Crippen LogP contribution in [0.3, 0.4) is 0 Å². The second-order valence-corrected chi connectivity index (χ2v) is 15.0. The van der Waals surface area contributed by atoms with Gasteiger partial charge in [0.1, 0.15) is 0 Å². The molecule has 0 atom stereocenters. The summed E-state index contributed by atoms with van der Waals surface area (Å²) in [4.78, 5) is 0. The topological polar surface area (TPSA) is 14.8 Å². The van der Waals surface area contributed by atoms with Crippen LogP contribution in [0, 0.1) is 0 Å². The smallest absolute Gasteiger partial charge is 0.0562 e. The molecule has 0 saturated heterocycles. The molecule has 0 spiro atoms. The largest absolute Gasteiger partial charge is 0.309 e. The predicted molar refractivity (Wildman–Crippen MR) is 240 cm³/mol. The second kappa shape index (κ2) is 12.5. The fourth-order valence-corrected chi connectivity index (χ4v) is 9.26. The first-order chi connectivity index (χ1) is 28.3. The molecule has 0 aliphatic rings. The van der Waals surface area contributed by atoms with Gasteiger partial charge in [-0.2, -0.15) is 0 Å². The quantitative estimate of drug-likeness (QED) is 0.168. The summed E-state index contributed by atoms with van der Waals surface area (Å²) in [5.74, 6) is 0. The van der Waals surface area contributed by atoms with Crippen molar-refractivity contribution < 1.29 is 0 Å². The molecule has 9 aromatic carbocycles. The van der Waals surface area contributed by atoms with Crippen molar-refractivity contribution in [2.24, 2.45) is 0 Å². The third-order valence-corrected chi connectivity index (χ3v) is 11.8.